The van der Waals surface area contributed by atoms with Crippen molar-refractivity contribution < 1.29 is 9.53 Å². The molecular weight excluding hydrogens is 290 g/mol. The second kappa shape index (κ2) is 7.95. The number of hydrogen-bond acceptors (Lipinski definition) is 4. The van der Waals surface area contributed by atoms with Crippen molar-refractivity contribution in [1.29, 1.82) is 0 Å². The van der Waals surface area contributed by atoms with E-state index in [2.05, 4.69) is 56.9 Å². The van der Waals surface area contributed by atoms with Crippen LogP contribution in [0, 0.1) is 11.8 Å². The number of carbonyl (C=O) groups excluding carboxylic acids is 1. The molecule has 0 aromatic heterocycles. The molecule has 1 N–H and O–H groups in total. The molecule has 0 bridgehead atoms. The SMILES string of the molecule is CC1CN(C(C(=O)NCC(C2CC2)N(C)C)C(C)C)CC(C)O1. The van der Waals surface area contributed by atoms with Gasteiger partial charge in [-0.25, -0.2) is 0 Å². The van der Waals surface area contributed by atoms with Crippen LogP contribution in [0.25, 0.3) is 0 Å². The highest BCUT2D eigenvalue weighted by molar-refractivity contribution is 5.82. The molecule has 1 saturated carbocycles. The van der Waals surface area contributed by atoms with Gasteiger partial charge < -0.3 is 15.0 Å². The van der Waals surface area contributed by atoms with Gasteiger partial charge in [0.1, 0.15) is 0 Å². The van der Waals surface area contributed by atoms with Gasteiger partial charge in [0.25, 0.3) is 0 Å². The maximum Gasteiger partial charge on any atom is 0.237 e. The summed E-state index contributed by atoms with van der Waals surface area (Å²) in [4.78, 5) is 17.4. The summed E-state index contributed by atoms with van der Waals surface area (Å²) < 4.78 is 5.82. The van der Waals surface area contributed by atoms with Crippen LogP contribution in [-0.4, -0.2) is 73.7 Å². The first-order valence-electron chi connectivity index (χ1n) is 9.13. The van der Waals surface area contributed by atoms with Gasteiger partial charge >= 0.3 is 0 Å². The van der Waals surface area contributed by atoms with Gasteiger partial charge in [0.05, 0.1) is 18.2 Å². The van der Waals surface area contributed by atoms with Crippen molar-refractivity contribution in [3.63, 3.8) is 0 Å². The van der Waals surface area contributed by atoms with E-state index in [1.807, 2.05) is 0 Å². The maximum absolute atomic E-state index is 12.9. The summed E-state index contributed by atoms with van der Waals surface area (Å²) >= 11 is 0. The van der Waals surface area contributed by atoms with Crippen molar-refractivity contribution in [1.82, 2.24) is 15.1 Å². The Labute approximate surface area is 141 Å². The fourth-order valence-corrected chi connectivity index (χ4v) is 3.90. The molecule has 5 heteroatoms. The van der Waals surface area contributed by atoms with Crippen LogP contribution in [0.15, 0.2) is 0 Å². The van der Waals surface area contributed by atoms with E-state index >= 15 is 0 Å². The number of nitrogens with zero attached hydrogens (tertiary/aromatic N) is 2. The first kappa shape index (κ1) is 18.7. The fraction of sp³-hybridized carbons (Fsp3) is 0.944. The van der Waals surface area contributed by atoms with Crippen LogP contribution in [-0.2, 0) is 9.53 Å². The second-order valence-electron chi connectivity index (χ2n) is 8.01. The Balaban J connectivity index is 1.95. The predicted octanol–water partition coefficient (Wildman–Crippen LogP) is 1.58. The van der Waals surface area contributed by atoms with Crippen LogP contribution in [0.1, 0.15) is 40.5 Å². The quantitative estimate of drug-likeness (QED) is 0.772. The minimum absolute atomic E-state index is 0.0641. The molecular formula is C18H35N3O2. The molecule has 2 aliphatic rings. The predicted molar refractivity (Wildman–Crippen MR) is 93.4 cm³/mol. The summed E-state index contributed by atoms with van der Waals surface area (Å²) in [6, 6.07) is 0.403. The Morgan fingerprint density at radius 1 is 1.22 bits per heavy atom. The van der Waals surface area contributed by atoms with Crippen molar-refractivity contribution in [3.05, 3.63) is 0 Å². The van der Waals surface area contributed by atoms with Crippen LogP contribution in [0.3, 0.4) is 0 Å². The fourth-order valence-electron chi connectivity index (χ4n) is 3.90. The summed E-state index contributed by atoms with van der Waals surface area (Å²) in [7, 11) is 4.22. The first-order valence-corrected chi connectivity index (χ1v) is 9.13. The number of carbonyl (C=O) groups is 1. The van der Waals surface area contributed by atoms with Crippen molar-refractivity contribution in [2.75, 3.05) is 33.7 Å². The molecule has 4 unspecified atom stereocenters. The molecule has 134 valence electrons. The maximum atomic E-state index is 12.9. The van der Waals surface area contributed by atoms with Crippen molar-refractivity contribution in [3.8, 4) is 0 Å². The number of amides is 1. The van der Waals surface area contributed by atoms with Crippen LogP contribution in [0.4, 0.5) is 0 Å². The molecule has 0 radical (unpaired) electrons. The normalized spacial score (nSPS) is 28.9. The van der Waals surface area contributed by atoms with E-state index in [9.17, 15) is 4.79 Å². The topological polar surface area (TPSA) is 44.8 Å². The lowest BCUT2D eigenvalue weighted by molar-refractivity contribution is -0.135. The molecule has 1 aliphatic carbocycles. The lowest BCUT2D eigenvalue weighted by Crippen LogP contribution is -2.58. The van der Waals surface area contributed by atoms with Gasteiger partial charge in [-0.1, -0.05) is 13.8 Å². The summed E-state index contributed by atoms with van der Waals surface area (Å²) in [5.41, 5.74) is 0. The van der Waals surface area contributed by atoms with Gasteiger partial charge in [0, 0.05) is 25.7 Å². The van der Waals surface area contributed by atoms with Crippen LogP contribution in [0.5, 0.6) is 0 Å². The molecule has 0 aromatic rings. The van der Waals surface area contributed by atoms with Gasteiger partial charge in [-0.2, -0.15) is 0 Å². The lowest BCUT2D eigenvalue weighted by Gasteiger charge is -2.41. The smallest absolute Gasteiger partial charge is 0.237 e. The van der Waals surface area contributed by atoms with E-state index in [0.717, 1.165) is 25.6 Å². The Kier molecular flexibility index (Phi) is 6.46. The average Bonchev–Trinajstić information content (AvgIpc) is 3.21. The summed E-state index contributed by atoms with van der Waals surface area (Å²) in [6.07, 6.45) is 2.97. The molecule has 5 nitrogen and oxygen atoms in total. The zero-order valence-electron chi connectivity index (χ0n) is 15.7. The number of rotatable bonds is 7. The number of ether oxygens (including phenoxy) is 1. The summed E-state index contributed by atoms with van der Waals surface area (Å²) in [5, 5.41) is 3.23. The van der Waals surface area contributed by atoms with E-state index in [-0.39, 0.29) is 24.2 Å². The molecule has 23 heavy (non-hydrogen) atoms. The number of hydrogen-bond donors (Lipinski definition) is 1. The van der Waals surface area contributed by atoms with E-state index in [0.29, 0.717) is 12.0 Å². The molecule has 4 atom stereocenters. The molecule has 2 fully saturated rings. The second-order valence-corrected chi connectivity index (χ2v) is 8.01. The van der Waals surface area contributed by atoms with Crippen molar-refractivity contribution >= 4 is 5.91 Å². The lowest BCUT2D eigenvalue weighted by atomic mass is 9.99. The van der Waals surface area contributed by atoms with E-state index < -0.39 is 0 Å². The third-order valence-corrected chi connectivity index (χ3v) is 5.06. The Bertz CT molecular complexity index is 384. The molecule has 0 spiro atoms. The van der Waals surface area contributed by atoms with Crippen molar-refractivity contribution in [2.45, 2.75) is 64.8 Å². The van der Waals surface area contributed by atoms with Crippen LogP contribution < -0.4 is 5.32 Å². The summed E-state index contributed by atoms with van der Waals surface area (Å²) in [6.45, 7) is 10.9. The highest BCUT2D eigenvalue weighted by Gasteiger charge is 2.36. The van der Waals surface area contributed by atoms with Gasteiger partial charge in [0.15, 0.2) is 0 Å². The third kappa shape index (κ3) is 5.16. The molecule has 1 aliphatic heterocycles. The van der Waals surface area contributed by atoms with Gasteiger partial charge in [0.2, 0.25) is 5.91 Å². The molecule has 0 aromatic carbocycles. The zero-order chi connectivity index (χ0) is 17.1. The highest BCUT2D eigenvalue weighted by Crippen LogP contribution is 2.34. The van der Waals surface area contributed by atoms with Crippen LogP contribution >= 0.6 is 0 Å². The average molecular weight is 325 g/mol. The highest BCUT2D eigenvalue weighted by atomic mass is 16.5. The van der Waals surface area contributed by atoms with E-state index in [1.54, 1.807) is 0 Å². The summed E-state index contributed by atoms with van der Waals surface area (Å²) in [5.74, 6) is 1.23. The van der Waals surface area contributed by atoms with E-state index in [4.69, 9.17) is 4.74 Å². The third-order valence-electron chi connectivity index (χ3n) is 5.06. The number of likely N-dealkylation sites (N-methyl/N-ethyl adjacent to an activating group) is 1. The monoisotopic (exact) mass is 325 g/mol. The van der Waals surface area contributed by atoms with E-state index in [1.165, 1.54) is 12.8 Å². The minimum atomic E-state index is -0.0641. The van der Waals surface area contributed by atoms with Gasteiger partial charge in [-0.05, 0) is 52.6 Å². The molecule has 1 heterocycles. The number of morpholine rings is 1. The van der Waals surface area contributed by atoms with Crippen LogP contribution in [0.2, 0.25) is 0 Å². The zero-order valence-corrected chi connectivity index (χ0v) is 15.7. The Hall–Kier alpha value is -0.650. The molecule has 1 amide bonds. The number of nitrogens with one attached hydrogen (secondary N) is 1. The first-order chi connectivity index (χ1) is 10.8. The Morgan fingerprint density at radius 2 is 1.78 bits per heavy atom. The molecule has 2 rings (SSSR count). The van der Waals surface area contributed by atoms with Crippen molar-refractivity contribution in [2.24, 2.45) is 11.8 Å². The minimum Gasteiger partial charge on any atom is -0.373 e. The molecule has 1 saturated heterocycles. The van der Waals surface area contributed by atoms with Gasteiger partial charge in [-0.3, -0.25) is 9.69 Å². The largest absolute Gasteiger partial charge is 0.373 e. The Morgan fingerprint density at radius 3 is 2.22 bits per heavy atom. The standard InChI is InChI=1S/C18H35N3O2/c1-12(2)17(21-10-13(3)23-14(4)11-21)18(22)19-9-16(20(5)6)15-7-8-15/h12-17H,7-11H2,1-6H3,(H,19,22). The van der Waals surface area contributed by atoms with Gasteiger partial charge in [-0.15, -0.1) is 0 Å².